The molecule has 1 aromatic heterocycles. The van der Waals surface area contributed by atoms with E-state index >= 15 is 0 Å². The average Bonchev–Trinajstić information content (AvgIpc) is 3.76. The van der Waals surface area contributed by atoms with Gasteiger partial charge in [-0.05, 0) is 136 Å². The molecule has 0 saturated carbocycles. The van der Waals surface area contributed by atoms with E-state index in [0.717, 1.165) is 103 Å². The number of piperazine rings is 1. The molecule has 4 amide bonds. The summed E-state index contributed by atoms with van der Waals surface area (Å²) in [5.74, 6) is -1.19. The largest absolute Gasteiger partial charge is 0.508 e. The summed E-state index contributed by atoms with van der Waals surface area (Å²) in [5, 5.41) is 13.1. The van der Waals surface area contributed by atoms with Crippen molar-refractivity contribution in [2.75, 3.05) is 63.9 Å². The molecule has 9 rings (SSSR count). The SMILES string of the molecule is O=C1CCC(N2C(=O)c3ccc(N4CCN(CCCN5CCC(COc6ccc(C(=O)c7c(-c8ccc(F)cc8)sc8cc(O)ccc78)cc6)CC5)CC4)cc3C2=O)C(=O)N1. The smallest absolute Gasteiger partial charge is 0.262 e. The van der Waals surface area contributed by atoms with Crippen molar-refractivity contribution in [1.29, 1.82) is 0 Å². The van der Waals surface area contributed by atoms with Crippen molar-refractivity contribution in [3.05, 3.63) is 113 Å². The Hall–Kier alpha value is -5.96. The van der Waals surface area contributed by atoms with E-state index in [2.05, 4.69) is 20.0 Å². The van der Waals surface area contributed by atoms with Crippen molar-refractivity contribution >= 4 is 56.5 Å². The number of rotatable bonds is 12. The maximum absolute atomic E-state index is 13.9. The van der Waals surface area contributed by atoms with Gasteiger partial charge in [-0.1, -0.05) is 12.1 Å². The van der Waals surface area contributed by atoms with E-state index in [1.54, 1.807) is 54.6 Å². The maximum atomic E-state index is 13.9. The lowest BCUT2D eigenvalue weighted by atomic mass is 9.97. The standard InChI is InChI=1S/C47H46FN5O7S/c48-32-6-2-31(3-7-32)44-42(37-13-9-34(54)27-40(37)61-44)43(56)30-4-10-35(11-5-30)60-28-29-16-20-50(21-17-29)18-1-19-51-22-24-52(25-23-51)33-8-12-36-38(26-33)47(59)53(46(36)58)39-14-15-41(55)49-45(39)57/h2-13,26-27,29,39,54H,1,14-25,28H2,(H,49,55,57). The molecule has 0 bridgehead atoms. The predicted molar refractivity (Wildman–Crippen MR) is 230 cm³/mol. The van der Waals surface area contributed by atoms with Crippen LogP contribution >= 0.6 is 11.3 Å². The molecule has 0 aliphatic carbocycles. The number of benzene rings is 4. The topological polar surface area (TPSA) is 140 Å². The van der Waals surface area contributed by atoms with E-state index in [0.29, 0.717) is 40.5 Å². The molecule has 14 heteroatoms. The minimum Gasteiger partial charge on any atom is -0.508 e. The summed E-state index contributed by atoms with van der Waals surface area (Å²) in [6.45, 7) is 8.12. The first kappa shape index (κ1) is 40.4. The van der Waals surface area contributed by atoms with Crippen molar-refractivity contribution < 1.29 is 38.2 Å². The highest BCUT2D eigenvalue weighted by Crippen LogP contribution is 2.41. The number of carbonyl (C=O) groups is 5. The van der Waals surface area contributed by atoms with Crippen LogP contribution in [-0.2, 0) is 9.59 Å². The summed E-state index contributed by atoms with van der Waals surface area (Å²) in [5.41, 5.74) is 3.28. The highest BCUT2D eigenvalue weighted by Gasteiger charge is 2.45. The molecular formula is C47H46FN5O7S. The Balaban J connectivity index is 0.705. The highest BCUT2D eigenvalue weighted by molar-refractivity contribution is 7.22. The van der Waals surface area contributed by atoms with Gasteiger partial charge in [0, 0.05) is 64.4 Å². The van der Waals surface area contributed by atoms with Crippen LogP contribution in [0.25, 0.3) is 20.5 Å². The van der Waals surface area contributed by atoms with Crippen molar-refractivity contribution in [2.45, 2.75) is 38.1 Å². The first-order valence-electron chi connectivity index (χ1n) is 20.9. The molecule has 3 fully saturated rings. The first-order valence-corrected chi connectivity index (χ1v) is 21.8. The average molecular weight is 844 g/mol. The van der Waals surface area contributed by atoms with Gasteiger partial charge >= 0.3 is 0 Å². The van der Waals surface area contributed by atoms with Gasteiger partial charge in [0.15, 0.2) is 5.78 Å². The van der Waals surface area contributed by atoms with Crippen LogP contribution in [0.3, 0.4) is 0 Å². The number of aromatic hydroxyl groups is 1. The van der Waals surface area contributed by atoms with Crippen LogP contribution < -0.4 is 15.0 Å². The Morgan fingerprint density at radius 2 is 1.49 bits per heavy atom. The monoisotopic (exact) mass is 843 g/mol. The lowest BCUT2D eigenvalue weighted by Gasteiger charge is -2.37. The summed E-state index contributed by atoms with van der Waals surface area (Å²) in [6, 6.07) is 22.7. The van der Waals surface area contributed by atoms with Crippen LogP contribution in [0, 0.1) is 11.7 Å². The molecule has 0 radical (unpaired) electrons. The maximum Gasteiger partial charge on any atom is 0.262 e. The fraction of sp³-hybridized carbons (Fsp3) is 0.340. The van der Waals surface area contributed by atoms with Crippen LogP contribution in [0.1, 0.15) is 68.7 Å². The second-order valence-corrected chi connectivity index (χ2v) is 17.4. The summed E-state index contributed by atoms with van der Waals surface area (Å²) >= 11 is 1.40. The van der Waals surface area contributed by atoms with E-state index < -0.39 is 29.7 Å². The summed E-state index contributed by atoms with van der Waals surface area (Å²) in [7, 11) is 0. The van der Waals surface area contributed by atoms with Gasteiger partial charge in [-0.15, -0.1) is 11.3 Å². The number of phenolic OH excluding ortho intramolecular Hbond substituents is 1. The van der Waals surface area contributed by atoms with E-state index in [1.165, 1.54) is 23.5 Å². The van der Waals surface area contributed by atoms with Crippen LogP contribution in [0.15, 0.2) is 84.9 Å². The van der Waals surface area contributed by atoms with Crippen molar-refractivity contribution in [3.8, 4) is 21.9 Å². The molecule has 4 aliphatic heterocycles. The predicted octanol–water partition coefficient (Wildman–Crippen LogP) is 6.35. The number of imide groups is 2. The Morgan fingerprint density at radius 3 is 2.21 bits per heavy atom. The second-order valence-electron chi connectivity index (χ2n) is 16.3. The number of likely N-dealkylation sites (tertiary alicyclic amines) is 1. The fourth-order valence-electron chi connectivity index (χ4n) is 8.96. The van der Waals surface area contributed by atoms with E-state index in [1.807, 2.05) is 18.2 Å². The molecule has 2 N–H and O–H groups in total. The van der Waals surface area contributed by atoms with E-state index in [-0.39, 0.29) is 30.2 Å². The number of phenols is 1. The molecule has 61 heavy (non-hydrogen) atoms. The molecule has 0 spiro atoms. The molecule has 4 aromatic carbocycles. The third-order valence-corrected chi connectivity index (χ3v) is 13.6. The molecule has 3 saturated heterocycles. The lowest BCUT2D eigenvalue weighted by Crippen LogP contribution is -2.54. The van der Waals surface area contributed by atoms with Gasteiger partial charge in [-0.3, -0.25) is 39.1 Å². The minimum absolute atomic E-state index is 0.0903. The van der Waals surface area contributed by atoms with Gasteiger partial charge in [0.05, 0.1) is 17.7 Å². The van der Waals surface area contributed by atoms with Gasteiger partial charge in [0.2, 0.25) is 11.8 Å². The quantitative estimate of drug-likeness (QED) is 0.108. The number of ketones is 1. The molecule has 1 unspecified atom stereocenters. The number of hydrogen-bond donors (Lipinski definition) is 2. The summed E-state index contributed by atoms with van der Waals surface area (Å²) in [4.78, 5) is 73.4. The zero-order chi connectivity index (χ0) is 42.2. The number of ether oxygens (including phenoxy) is 1. The molecule has 4 aliphatic rings. The van der Waals surface area contributed by atoms with Crippen molar-refractivity contribution in [1.82, 2.24) is 20.0 Å². The zero-order valence-electron chi connectivity index (χ0n) is 33.6. The first-order chi connectivity index (χ1) is 29.6. The number of anilines is 1. The molecule has 5 heterocycles. The highest BCUT2D eigenvalue weighted by atomic mass is 32.1. The summed E-state index contributed by atoms with van der Waals surface area (Å²) in [6.07, 6.45) is 3.42. The minimum atomic E-state index is -0.973. The van der Waals surface area contributed by atoms with Crippen LogP contribution in [0.5, 0.6) is 11.5 Å². The second kappa shape index (κ2) is 17.2. The van der Waals surface area contributed by atoms with E-state index in [9.17, 15) is 33.5 Å². The molecule has 12 nitrogen and oxygen atoms in total. The number of fused-ring (bicyclic) bond motifs is 2. The normalized spacial score (nSPS) is 19.1. The number of thiophene rings is 1. The van der Waals surface area contributed by atoms with Crippen LogP contribution in [0.2, 0.25) is 0 Å². The van der Waals surface area contributed by atoms with Crippen LogP contribution in [-0.4, -0.2) is 114 Å². The Kier molecular flexibility index (Phi) is 11.4. The molecule has 5 aromatic rings. The van der Waals surface area contributed by atoms with Crippen molar-refractivity contribution in [3.63, 3.8) is 0 Å². The third kappa shape index (κ3) is 8.39. The Labute approximate surface area is 356 Å². The van der Waals surface area contributed by atoms with Gasteiger partial charge in [0.1, 0.15) is 23.4 Å². The Bertz CT molecular complexity index is 2510. The number of halogens is 1. The number of carbonyl (C=O) groups excluding carboxylic acids is 5. The number of nitrogens with zero attached hydrogens (tertiary/aromatic N) is 4. The van der Waals surface area contributed by atoms with E-state index in [4.69, 9.17) is 4.74 Å². The zero-order valence-corrected chi connectivity index (χ0v) is 34.4. The molecular weight excluding hydrogens is 798 g/mol. The van der Waals surface area contributed by atoms with Gasteiger partial charge in [-0.2, -0.15) is 0 Å². The fourth-order valence-corrected chi connectivity index (χ4v) is 10.2. The van der Waals surface area contributed by atoms with Gasteiger partial charge in [-0.25, -0.2) is 4.39 Å². The number of hydrogen-bond acceptors (Lipinski definition) is 11. The lowest BCUT2D eigenvalue weighted by molar-refractivity contribution is -0.136. The number of piperidine rings is 2. The molecule has 1 atom stereocenters. The number of amides is 4. The van der Waals surface area contributed by atoms with Gasteiger partial charge in [0.25, 0.3) is 11.8 Å². The van der Waals surface area contributed by atoms with Gasteiger partial charge < -0.3 is 19.6 Å². The molecule has 314 valence electrons. The van der Waals surface area contributed by atoms with Crippen LogP contribution in [0.4, 0.5) is 10.1 Å². The summed E-state index contributed by atoms with van der Waals surface area (Å²) < 4.78 is 20.7. The Morgan fingerprint density at radius 1 is 0.787 bits per heavy atom. The van der Waals surface area contributed by atoms with Crippen molar-refractivity contribution in [2.24, 2.45) is 5.92 Å². The number of nitrogens with one attached hydrogen (secondary N) is 1. The third-order valence-electron chi connectivity index (χ3n) is 12.4.